The van der Waals surface area contributed by atoms with Gasteiger partial charge in [-0.25, -0.2) is 9.97 Å². The maximum atomic E-state index is 12.0. The average molecular weight is 254 g/mol. The third-order valence-electron chi connectivity index (χ3n) is 2.82. The molecule has 1 aliphatic heterocycles. The number of nitrogens with one attached hydrogen (secondary N) is 2. The van der Waals surface area contributed by atoms with Crippen molar-refractivity contribution in [2.24, 2.45) is 0 Å². The molecule has 0 fully saturated rings. The largest absolute Gasteiger partial charge is 0.326 e. The zero-order valence-electron chi connectivity index (χ0n) is 9.88. The fourth-order valence-corrected chi connectivity index (χ4v) is 1.92. The number of benzene rings is 1. The lowest BCUT2D eigenvalue weighted by atomic mass is 10.1. The van der Waals surface area contributed by atoms with Crippen molar-refractivity contribution >= 4 is 23.2 Å². The summed E-state index contributed by atoms with van der Waals surface area (Å²) in [5.41, 5.74) is 2.60. The molecule has 0 unspecified atom stereocenters. The van der Waals surface area contributed by atoms with Crippen molar-refractivity contribution in [3.63, 3.8) is 0 Å². The third kappa shape index (κ3) is 2.28. The van der Waals surface area contributed by atoms with Gasteiger partial charge in [0, 0.05) is 11.3 Å². The van der Waals surface area contributed by atoms with Crippen molar-refractivity contribution < 1.29 is 9.59 Å². The highest BCUT2D eigenvalue weighted by molar-refractivity contribution is 6.06. The van der Waals surface area contributed by atoms with Crippen molar-refractivity contribution in [3.8, 4) is 0 Å². The number of aromatic nitrogens is 2. The van der Waals surface area contributed by atoms with E-state index in [1.807, 2.05) is 0 Å². The molecule has 1 aromatic heterocycles. The molecule has 6 heteroatoms. The smallest absolute Gasteiger partial charge is 0.255 e. The minimum Gasteiger partial charge on any atom is -0.326 e. The molecule has 2 N–H and O–H groups in total. The molecule has 2 amide bonds. The molecule has 0 aliphatic carbocycles. The summed E-state index contributed by atoms with van der Waals surface area (Å²) in [6, 6.07) is 5.14. The van der Waals surface area contributed by atoms with Crippen LogP contribution in [0.4, 0.5) is 11.4 Å². The number of carbonyl (C=O) groups excluding carboxylic acids is 2. The molecule has 1 aliphatic rings. The minimum absolute atomic E-state index is 0.0518. The molecule has 2 aromatic rings. The molecule has 0 saturated carbocycles. The second kappa shape index (κ2) is 4.49. The summed E-state index contributed by atoms with van der Waals surface area (Å²) in [4.78, 5) is 30.9. The van der Waals surface area contributed by atoms with Gasteiger partial charge in [0.05, 0.1) is 24.5 Å². The van der Waals surface area contributed by atoms with Crippen LogP contribution in [0.5, 0.6) is 0 Å². The number of nitrogens with zero attached hydrogens (tertiary/aromatic N) is 2. The number of amides is 2. The molecule has 1 aromatic carbocycles. The Morgan fingerprint density at radius 3 is 2.84 bits per heavy atom. The van der Waals surface area contributed by atoms with E-state index in [9.17, 15) is 9.59 Å². The summed E-state index contributed by atoms with van der Waals surface area (Å²) in [6.07, 6.45) is 4.78. The van der Waals surface area contributed by atoms with Crippen LogP contribution in [0, 0.1) is 0 Å². The maximum Gasteiger partial charge on any atom is 0.255 e. The van der Waals surface area contributed by atoms with Crippen molar-refractivity contribution in [1.82, 2.24) is 9.97 Å². The van der Waals surface area contributed by atoms with Crippen molar-refractivity contribution in [3.05, 3.63) is 48.0 Å². The van der Waals surface area contributed by atoms with E-state index in [1.54, 1.807) is 18.2 Å². The van der Waals surface area contributed by atoms with E-state index in [1.165, 1.54) is 18.7 Å². The van der Waals surface area contributed by atoms with E-state index in [4.69, 9.17) is 0 Å². The molecule has 94 valence electrons. The molecule has 2 heterocycles. The lowest BCUT2D eigenvalue weighted by molar-refractivity contribution is -0.115. The Morgan fingerprint density at radius 1 is 1.26 bits per heavy atom. The van der Waals surface area contributed by atoms with Gasteiger partial charge in [0.25, 0.3) is 5.91 Å². The van der Waals surface area contributed by atoms with E-state index >= 15 is 0 Å². The Labute approximate surface area is 108 Å². The zero-order valence-corrected chi connectivity index (χ0v) is 9.88. The lowest BCUT2D eigenvalue weighted by Crippen LogP contribution is -2.12. The van der Waals surface area contributed by atoms with Crippen molar-refractivity contribution in [2.75, 3.05) is 10.6 Å². The van der Waals surface area contributed by atoms with E-state index in [-0.39, 0.29) is 11.8 Å². The molecule has 19 heavy (non-hydrogen) atoms. The monoisotopic (exact) mass is 254 g/mol. The van der Waals surface area contributed by atoms with Gasteiger partial charge in [0.2, 0.25) is 5.91 Å². The average Bonchev–Trinajstić information content (AvgIpc) is 2.78. The minimum atomic E-state index is -0.265. The van der Waals surface area contributed by atoms with Crippen LogP contribution in [0.1, 0.15) is 15.9 Å². The molecule has 0 saturated heterocycles. The van der Waals surface area contributed by atoms with Gasteiger partial charge in [-0.3, -0.25) is 9.59 Å². The molecule has 6 nitrogen and oxygen atoms in total. The van der Waals surface area contributed by atoms with Crippen LogP contribution in [0.2, 0.25) is 0 Å². The van der Waals surface area contributed by atoms with E-state index < -0.39 is 0 Å². The number of rotatable bonds is 2. The van der Waals surface area contributed by atoms with Gasteiger partial charge in [-0.05, 0) is 17.7 Å². The Bertz CT molecular complexity index is 655. The number of fused-ring (bicyclic) bond motifs is 1. The van der Waals surface area contributed by atoms with E-state index in [0.717, 1.165) is 5.56 Å². The van der Waals surface area contributed by atoms with Crippen molar-refractivity contribution in [2.45, 2.75) is 6.42 Å². The van der Waals surface area contributed by atoms with Crippen LogP contribution in [-0.4, -0.2) is 21.8 Å². The van der Waals surface area contributed by atoms with Gasteiger partial charge >= 0.3 is 0 Å². The second-order valence-corrected chi connectivity index (χ2v) is 4.18. The first-order chi connectivity index (χ1) is 9.22. The fraction of sp³-hybridized carbons (Fsp3) is 0.0769. The predicted molar refractivity (Wildman–Crippen MR) is 68.8 cm³/mol. The first-order valence-electron chi connectivity index (χ1n) is 5.71. The fourth-order valence-electron chi connectivity index (χ4n) is 1.92. The third-order valence-corrected chi connectivity index (χ3v) is 2.82. The van der Waals surface area contributed by atoms with Crippen LogP contribution in [0.3, 0.4) is 0 Å². The van der Waals surface area contributed by atoms with Crippen LogP contribution in [0.15, 0.2) is 36.9 Å². The standard InChI is InChI=1S/C13H10N4O2/c18-12-4-8-1-2-9(3-11(8)17-12)13(19)16-10-5-14-7-15-6-10/h1-3,5-7H,4H2,(H,16,19)(H,17,18). The molecular formula is C13H10N4O2. The summed E-state index contributed by atoms with van der Waals surface area (Å²) in [5.74, 6) is -0.317. The molecule has 0 bridgehead atoms. The summed E-state index contributed by atoms with van der Waals surface area (Å²) >= 11 is 0. The van der Waals surface area contributed by atoms with Gasteiger partial charge in [-0.1, -0.05) is 6.07 Å². The second-order valence-electron chi connectivity index (χ2n) is 4.18. The summed E-state index contributed by atoms with van der Waals surface area (Å²) in [6.45, 7) is 0. The van der Waals surface area contributed by atoms with Crippen LogP contribution in [-0.2, 0) is 11.2 Å². The van der Waals surface area contributed by atoms with E-state index in [0.29, 0.717) is 23.4 Å². The van der Waals surface area contributed by atoms with Gasteiger partial charge in [0.1, 0.15) is 6.33 Å². The van der Waals surface area contributed by atoms with Crippen molar-refractivity contribution in [1.29, 1.82) is 0 Å². The molecule has 3 rings (SSSR count). The highest BCUT2D eigenvalue weighted by Gasteiger charge is 2.19. The molecule has 0 spiro atoms. The lowest BCUT2D eigenvalue weighted by Gasteiger charge is -2.05. The SMILES string of the molecule is O=C1Cc2ccc(C(=O)Nc3cncnc3)cc2N1. The van der Waals surface area contributed by atoms with E-state index in [2.05, 4.69) is 20.6 Å². The molecule has 0 atom stereocenters. The molecule has 0 radical (unpaired) electrons. The van der Waals surface area contributed by atoms with Gasteiger partial charge in [0.15, 0.2) is 0 Å². The number of anilines is 2. The number of hydrogen-bond acceptors (Lipinski definition) is 4. The van der Waals surface area contributed by atoms with Gasteiger partial charge in [-0.15, -0.1) is 0 Å². The van der Waals surface area contributed by atoms with Crippen LogP contribution in [0.25, 0.3) is 0 Å². The zero-order chi connectivity index (χ0) is 13.2. The Kier molecular flexibility index (Phi) is 2.68. The first-order valence-corrected chi connectivity index (χ1v) is 5.71. The normalized spacial score (nSPS) is 12.7. The van der Waals surface area contributed by atoms with Gasteiger partial charge in [-0.2, -0.15) is 0 Å². The Morgan fingerprint density at radius 2 is 2.05 bits per heavy atom. The highest BCUT2D eigenvalue weighted by Crippen LogP contribution is 2.24. The number of carbonyl (C=O) groups is 2. The first kappa shape index (κ1) is 11.3. The summed E-state index contributed by atoms with van der Waals surface area (Å²) < 4.78 is 0. The quantitative estimate of drug-likeness (QED) is 0.844. The highest BCUT2D eigenvalue weighted by atomic mass is 16.2. The van der Waals surface area contributed by atoms with Gasteiger partial charge < -0.3 is 10.6 Å². The summed E-state index contributed by atoms with van der Waals surface area (Å²) in [5, 5.41) is 5.40. The topological polar surface area (TPSA) is 84.0 Å². The van der Waals surface area contributed by atoms with Crippen LogP contribution >= 0.6 is 0 Å². The number of hydrogen-bond donors (Lipinski definition) is 2. The summed E-state index contributed by atoms with van der Waals surface area (Å²) in [7, 11) is 0. The predicted octanol–water partition coefficient (Wildman–Crippen LogP) is 1.22. The Balaban J connectivity index is 1.82. The Hall–Kier alpha value is -2.76. The molecular weight excluding hydrogens is 244 g/mol. The maximum absolute atomic E-state index is 12.0. The van der Waals surface area contributed by atoms with Crippen LogP contribution < -0.4 is 10.6 Å².